The zero-order valence-electron chi connectivity index (χ0n) is 14.7. The molecule has 0 aliphatic heterocycles. The van der Waals surface area contributed by atoms with Crippen molar-refractivity contribution >= 4 is 40.4 Å². The molecule has 0 bridgehead atoms. The lowest BCUT2D eigenvalue weighted by Gasteiger charge is -2.12. The molecule has 0 unspecified atom stereocenters. The summed E-state index contributed by atoms with van der Waals surface area (Å²) >= 11 is 2.80. The van der Waals surface area contributed by atoms with E-state index in [1.165, 1.54) is 11.8 Å². The number of carbonyl (C=O) groups excluding carboxylic acids is 1. The molecule has 3 rings (SSSR count). The van der Waals surface area contributed by atoms with E-state index in [0.29, 0.717) is 17.5 Å². The summed E-state index contributed by atoms with van der Waals surface area (Å²) in [5.41, 5.74) is 2.74. The highest BCUT2D eigenvalue weighted by Crippen LogP contribution is 2.20. The fourth-order valence-corrected chi connectivity index (χ4v) is 3.37. The van der Waals surface area contributed by atoms with Crippen molar-refractivity contribution in [1.82, 2.24) is 15.2 Å². The molecule has 0 radical (unpaired) electrons. The number of carbonyl (C=O) groups is 1. The molecule has 26 heavy (non-hydrogen) atoms. The molecular weight excluding hydrogens is 370 g/mol. The normalized spacial score (nSPS) is 10.7. The third kappa shape index (κ3) is 5.06. The molecule has 0 saturated heterocycles. The maximum absolute atomic E-state index is 12.1. The minimum absolute atomic E-state index is 0.123. The van der Waals surface area contributed by atoms with Gasteiger partial charge in [0.25, 0.3) is 5.22 Å². The summed E-state index contributed by atoms with van der Waals surface area (Å²) < 4.78 is 5.56. The van der Waals surface area contributed by atoms with E-state index in [2.05, 4.69) is 20.5 Å². The number of aryl methyl sites for hydroxylation is 1. The van der Waals surface area contributed by atoms with Gasteiger partial charge in [-0.1, -0.05) is 11.8 Å². The largest absolute Gasteiger partial charge is 0.416 e. The lowest BCUT2D eigenvalue weighted by atomic mass is 10.2. The van der Waals surface area contributed by atoms with Gasteiger partial charge in [-0.25, -0.2) is 4.98 Å². The number of rotatable bonds is 7. The molecule has 2 heterocycles. The van der Waals surface area contributed by atoms with Crippen LogP contribution < -0.4 is 10.2 Å². The summed E-state index contributed by atoms with van der Waals surface area (Å²) in [5, 5.41) is 14.2. The van der Waals surface area contributed by atoms with Crippen LogP contribution in [0.4, 0.5) is 11.4 Å². The zero-order chi connectivity index (χ0) is 18.5. The highest BCUT2D eigenvalue weighted by Gasteiger charge is 2.11. The summed E-state index contributed by atoms with van der Waals surface area (Å²) in [6, 6.07) is 7.65. The summed E-state index contributed by atoms with van der Waals surface area (Å²) in [4.78, 5) is 18.4. The Balaban J connectivity index is 1.48. The number of nitrogens with one attached hydrogen (secondary N) is 1. The lowest BCUT2D eigenvalue weighted by molar-refractivity contribution is -0.113. The SMILES string of the molecule is Cc1nc(Cc2nnc(SCC(=O)Nc3ccc(N(C)C)cc3)o2)cs1. The second-order valence-corrected chi connectivity index (χ2v) is 7.76. The van der Waals surface area contributed by atoms with E-state index < -0.39 is 0 Å². The van der Waals surface area contributed by atoms with Gasteiger partial charge in [0.2, 0.25) is 11.8 Å². The Hall–Kier alpha value is -2.39. The second-order valence-electron chi connectivity index (χ2n) is 5.77. The van der Waals surface area contributed by atoms with Crippen LogP contribution in [0.5, 0.6) is 0 Å². The first-order chi connectivity index (χ1) is 12.5. The number of thiazole rings is 1. The van der Waals surface area contributed by atoms with E-state index in [4.69, 9.17) is 4.42 Å². The molecule has 0 fully saturated rings. The molecule has 1 amide bonds. The van der Waals surface area contributed by atoms with Crippen LogP contribution in [0, 0.1) is 6.92 Å². The fourth-order valence-electron chi connectivity index (χ4n) is 2.18. The monoisotopic (exact) mass is 389 g/mol. The van der Waals surface area contributed by atoms with Gasteiger partial charge in [-0.2, -0.15) is 0 Å². The van der Waals surface area contributed by atoms with Crippen molar-refractivity contribution in [2.45, 2.75) is 18.6 Å². The van der Waals surface area contributed by atoms with E-state index in [1.807, 2.05) is 55.6 Å². The third-order valence-electron chi connectivity index (χ3n) is 3.44. The Kier molecular flexibility index (Phi) is 5.89. The fraction of sp³-hybridized carbons (Fsp3) is 0.294. The van der Waals surface area contributed by atoms with Crippen LogP contribution in [0.3, 0.4) is 0 Å². The van der Waals surface area contributed by atoms with Crippen LogP contribution in [0.1, 0.15) is 16.6 Å². The Labute approximate surface area is 159 Å². The van der Waals surface area contributed by atoms with Gasteiger partial charge in [-0.05, 0) is 31.2 Å². The molecule has 0 saturated carbocycles. The van der Waals surface area contributed by atoms with Crippen LogP contribution in [-0.4, -0.2) is 40.9 Å². The Morgan fingerprint density at radius 2 is 2.04 bits per heavy atom. The molecule has 0 aliphatic carbocycles. The molecule has 3 aromatic rings. The van der Waals surface area contributed by atoms with Crippen molar-refractivity contribution in [3.63, 3.8) is 0 Å². The molecule has 1 aromatic carbocycles. The van der Waals surface area contributed by atoms with Crippen molar-refractivity contribution in [2.24, 2.45) is 0 Å². The van der Waals surface area contributed by atoms with Gasteiger partial charge in [-0.3, -0.25) is 4.79 Å². The summed E-state index contributed by atoms with van der Waals surface area (Å²) in [5.74, 6) is 0.576. The maximum Gasteiger partial charge on any atom is 0.277 e. The predicted molar refractivity (Wildman–Crippen MR) is 104 cm³/mol. The second kappa shape index (κ2) is 8.33. The number of benzene rings is 1. The van der Waals surface area contributed by atoms with Gasteiger partial charge in [0.15, 0.2) is 0 Å². The quantitative estimate of drug-likeness (QED) is 0.621. The van der Waals surface area contributed by atoms with Gasteiger partial charge < -0.3 is 14.6 Å². The molecule has 2 aromatic heterocycles. The van der Waals surface area contributed by atoms with Crippen molar-refractivity contribution in [1.29, 1.82) is 0 Å². The highest BCUT2D eigenvalue weighted by atomic mass is 32.2. The van der Waals surface area contributed by atoms with Crippen LogP contribution in [0.25, 0.3) is 0 Å². The molecule has 0 aliphatic rings. The predicted octanol–water partition coefficient (Wildman–Crippen LogP) is 3.22. The summed E-state index contributed by atoms with van der Waals surface area (Å²) in [6.07, 6.45) is 0.502. The van der Waals surface area contributed by atoms with Crippen LogP contribution in [0.2, 0.25) is 0 Å². The van der Waals surface area contributed by atoms with E-state index in [1.54, 1.807) is 11.3 Å². The van der Waals surface area contributed by atoms with Crippen LogP contribution in [-0.2, 0) is 11.2 Å². The highest BCUT2D eigenvalue weighted by molar-refractivity contribution is 7.99. The van der Waals surface area contributed by atoms with E-state index in [0.717, 1.165) is 22.1 Å². The first-order valence-corrected chi connectivity index (χ1v) is 9.79. The van der Waals surface area contributed by atoms with E-state index >= 15 is 0 Å². The van der Waals surface area contributed by atoms with Crippen molar-refractivity contribution in [3.05, 3.63) is 46.2 Å². The van der Waals surface area contributed by atoms with E-state index in [-0.39, 0.29) is 11.7 Å². The lowest BCUT2D eigenvalue weighted by Crippen LogP contribution is -2.14. The van der Waals surface area contributed by atoms with Crippen LogP contribution >= 0.6 is 23.1 Å². The van der Waals surface area contributed by atoms with Gasteiger partial charge in [0.1, 0.15) is 0 Å². The molecule has 0 spiro atoms. The Morgan fingerprint density at radius 3 is 2.69 bits per heavy atom. The number of amides is 1. The zero-order valence-corrected chi connectivity index (χ0v) is 16.4. The topological polar surface area (TPSA) is 84.1 Å². The number of nitrogens with zero attached hydrogens (tertiary/aromatic N) is 4. The van der Waals surface area contributed by atoms with Crippen molar-refractivity contribution in [3.8, 4) is 0 Å². The maximum atomic E-state index is 12.1. The number of hydrogen-bond donors (Lipinski definition) is 1. The average molecular weight is 390 g/mol. The van der Waals surface area contributed by atoms with Crippen molar-refractivity contribution < 1.29 is 9.21 Å². The van der Waals surface area contributed by atoms with Gasteiger partial charge in [0, 0.05) is 30.9 Å². The van der Waals surface area contributed by atoms with Crippen LogP contribution in [0.15, 0.2) is 39.3 Å². The van der Waals surface area contributed by atoms with Crippen molar-refractivity contribution in [2.75, 3.05) is 30.1 Å². The van der Waals surface area contributed by atoms with Gasteiger partial charge >= 0.3 is 0 Å². The summed E-state index contributed by atoms with van der Waals surface area (Å²) in [7, 11) is 3.94. The molecule has 1 N–H and O–H groups in total. The number of aromatic nitrogens is 3. The number of thioether (sulfide) groups is 1. The van der Waals surface area contributed by atoms with Gasteiger partial charge in [-0.15, -0.1) is 21.5 Å². The smallest absolute Gasteiger partial charge is 0.277 e. The number of anilines is 2. The minimum Gasteiger partial charge on any atom is -0.416 e. The molecule has 7 nitrogen and oxygen atoms in total. The Morgan fingerprint density at radius 1 is 1.27 bits per heavy atom. The first kappa shape index (κ1) is 18.4. The minimum atomic E-state index is -0.123. The molecule has 0 atom stereocenters. The summed E-state index contributed by atoms with van der Waals surface area (Å²) in [6.45, 7) is 1.95. The molecule has 136 valence electrons. The first-order valence-electron chi connectivity index (χ1n) is 7.93. The average Bonchev–Trinajstić information content (AvgIpc) is 3.23. The Bertz CT molecular complexity index is 873. The van der Waals surface area contributed by atoms with Gasteiger partial charge in [0.05, 0.1) is 22.9 Å². The molecular formula is C17H19N5O2S2. The van der Waals surface area contributed by atoms with E-state index in [9.17, 15) is 4.79 Å². The third-order valence-corrected chi connectivity index (χ3v) is 5.08. The number of hydrogen-bond acceptors (Lipinski definition) is 8. The standard InChI is InChI=1S/C17H19N5O2S2/c1-11-18-13(9-25-11)8-16-20-21-17(24-16)26-10-15(23)19-12-4-6-14(7-5-12)22(2)3/h4-7,9H,8,10H2,1-3H3,(H,19,23). The molecule has 9 heteroatoms.